The van der Waals surface area contributed by atoms with Gasteiger partial charge in [0.05, 0.1) is 0 Å². The minimum absolute atomic E-state index is 0.561. The molecule has 0 fully saturated rings. The van der Waals surface area contributed by atoms with E-state index < -0.39 is 0 Å². The molecule has 0 atom stereocenters. The minimum Gasteiger partial charge on any atom is -0.332 e. The molecule has 5 heteroatoms. The molecular formula is C13H10Br2N2S. The van der Waals surface area contributed by atoms with E-state index in [4.69, 9.17) is 12.2 Å². The van der Waals surface area contributed by atoms with Crippen molar-refractivity contribution in [1.29, 1.82) is 0 Å². The first-order chi connectivity index (χ1) is 8.63. The smallest absolute Gasteiger partial charge is 0.175 e. The molecule has 0 amide bonds. The monoisotopic (exact) mass is 384 g/mol. The first kappa shape index (κ1) is 13.5. The molecule has 0 aliphatic heterocycles. The van der Waals surface area contributed by atoms with Gasteiger partial charge in [0.25, 0.3) is 0 Å². The van der Waals surface area contributed by atoms with E-state index in [1.807, 2.05) is 48.5 Å². The average Bonchev–Trinajstić information content (AvgIpc) is 2.28. The maximum atomic E-state index is 5.25. The Kier molecular flexibility index (Phi) is 4.74. The van der Waals surface area contributed by atoms with E-state index >= 15 is 0 Å². The molecule has 0 aliphatic carbocycles. The van der Waals surface area contributed by atoms with Crippen molar-refractivity contribution in [2.24, 2.45) is 0 Å². The first-order valence-electron chi connectivity index (χ1n) is 5.22. The lowest BCUT2D eigenvalue weighted by atomic mass is 10.3. The zero-order chi connectivity index (χ0) is 13.0. The SMILES string of the molecule is S=C(Nc1cccc(Br)c1)Nc1cccc(Br)c1. The summed E-state index contributed by atoms with van der Waals surface area (Å²) in [6, 6.07) is 15.7. The Morgan fingerprint density at radius 3 is 1.67 bits per heavy atom. The fraction of sp³-hybridized carbons (Fsp3) is 0. The molecule has 0 spiro atoms. The molecule has 0 saturated carbocycles. The molecule has 2 aromatic rings. The van der Waals surface area contributed by atoms with Crippen molar-refractivity contribution in [1.82, 2.24) is 0 Å². The fourth-order valence-electron chi connectivity index (χ4n) is 1.43. The van der Waals surface area contributed by atoms with Gasteiger partial charge in [0.2, 0.25) is 0 Å². The molecule has 2 N–H and O–H groups in total. The zero-order valence-electron chi connectivity index (χ0n) is 9.28. The van der Waals surface area contributed by atoms with Crippen LogP contribution in [-0.4, -0.2) is 5.11 Å². The Labute approximate surface area is 128 Å². The largest absolute Gasteiger partial charge is 0.332 e. The number of rotatable bonds is 2. The number of nitrogens with one attached hydrogen (secondary N) is 2. The van der Waals surface area contributed by atoms with Crippen LogP contribution in [0.5, 0.6) is 0 Å². The summed E-state index contributed by atoms with van der Waals surface area (Å²) in [5, 5.41) is 6.81. The van der Waals surface area contributed by atoms with Gasteiger partial charge in [0.15, 0.2) is 5.11 Å². The van der Waals surface area contributed by atoms with Crippen molar-refractivity contribution in [2.75, 3.05) is 10.6 Å². The molecule has 2 rings (SSSR count). The second-order valence-electron chi connectivity index (χ2n) is 3.60. The summed E-state index contributed by atoms with van der Waals surface area (Å²) in [5.41, 5.74) is 1.88. The molecule has 0 unspecified atom stereocenters. The lowest BCUT2D eigenvalue weighted by Gasteiger charge is -2.10. The molecule has 2 aromatic carbocycles. The van der Waals surface area contributed by atoms with Gasteiger partial charge in [0.1, 0.15) is 0 Å². The van der Waals surface area contributed by atoms with Crippen LogP contribution in [0.4, 0.5) is 11.4 Å². The van der Waals surface area contributed by atoms with Crippen LogP contribution < -0.4 is 10.6 Å². The molecule has 92 valence electrons. The first-order valence-corrected chi connectivity index (χ1v) is 7.22. The Bertz CT molecular complexity index is 523. The molecule has 2 nitrogen and oxygen atoms in total. The number of anilines is 2. The maximum absolute atomic E-state index is 5.25. The summed E-state index contributed by atoms with van der Waals surface area (Å²) in [7, 11) is 0. The minimum atomic E-state index is 0.561. The predicted molar refractivity (Wildman–Crippen MR) is 88.1 cm³/mol. The second kappa shape index (κ2) is 6.31. The standard InChI is InChI=1S/C13H10Br2N2S/c14-9-3-1-5-11(7-9)16-13(18)17-12-6-2-4-10(15)8-12/h1-8H,(H2,16,17,18). The van der Waals surface area contributed by atoms with E-state index in [0.29, 0.717) is 5.11 Å². The maximum Gasteiger partial charge on any atom is 0.175 e. The van der Waals surface area contributed by atoms with Crippen molar-refractivity contribution in [3.05, 3.63) is 57.5 Å². The number of hydrogen-bond acceptors (Lipinski definition) is 1. The lowest BCUT2D eigenvalue weighted by molar-refractivity contribution is 1.57. The van der Waals surface area contributed by atoms with E-state index in [1.165, 1.54) is 0 Å². The van der Waals surface area contributed by atoms with Crippen molar-refractivity contribution in [3.63, 3.8) is 0 Å². The molecule has 0 aromatic heterocycles. The molecule has 0 heterocycles. The summed E-state index contributed by atoms with van der Waals surface area (Å²) in [6.07, 6.45) is 0. The van der Waals surface area contributed by atoms with Gasteiger partial charge < -0.3 is 10.6 Å². The quantitative estimate of drug-likeness (QED) is 0.709. The van der Waals surface area contributed by atoms with E-state index in [9.17, 15) is 0 Å². The molecular weight excluding hydrogens is 376 g/mol. The number of hydrogen-bond donors (Lipinski definition) is 2. The summed E-state index contributed by atoms with van der Waals surface area (Å²) in [4.78, 5) is 0. The lowest BCUT2D eigenvalue weighted by Crippen LogP contribution is -2.18. The summed E-state index contributed by atoms with van der Waals surface area (Å²) < 4.78 is 2.02. The summed E-state index contributed by atoms with van der Waals surface area (Å²) in [6.45, 7) is 0. The van der Waals surface area contributed by atoms with Gasteiger partial charge in [-0.05, 0) is 48.6 Å². The van der Waals surface area contributed by atoms with Gasteiger partial charge in [-0.15, -0.1) is 0 Å². The van der Waals surface area contributed by atoms with Crippen molar-refractivity contribution >= 4 is 60.6 Å². The molecule has 0 bridgehead atoms. The topological polar surface area (TPSA) is 24.1 Å². The molecule has 0 aliphatic rings. The third kappa shape index (κ3) is 4.08. The highest BCUT2D eigenvalue weighted by Gasteiger charge is 1.99. The summed E-state index contributed by atoms with van der Waals surface area (Å²) in [5.74, 6) is 0. The van der Waals surface area contributed by atoms with Gasteiger partial charge in [-0.3, -0.25) is 0 Å². The van der Waals surface area contributed by atoms with Crippen molar-refractivity contribution in [3.8, 4) is 0 Å². The third-order valence-corrected chi connectivity index (χ3v) is 3.36. The van der Waals surface area contributed by atoms with E-state index in [2.05, 4.69) is 42.5 Å². The van der Waals surface area contributed by atoms with E-state index in [-0.39, 0.29) is 0 Å². The van der Waals surface area contributed by atoms with Crippen molar-refractivity contribution < 1.29 is 0 Å². The van der Waals surface area contributed by atoms with Crippen LogP contribution in [0.1, 0.15) is 0 Å². The second-order valence-corrected chi connectivity index (χ2v) is 5.84. The molecule has 0 radical (unpaired) electrons. The fourth-order valence-corrected chi connectivity index (χ4v) is 2.46. The van der Waals surface area contributed by atoms with Gasteiger partial charge >= 0.3 is 0 Å². The van der Waals surface area contributed by atoms with Crippen LogP contribution in [0.15, 0.2) is 57.5 Å². The molecule has 0 saturated heterocycles. The van der Waals surface area contributed by atoms with E-state index in [0.717, 1.165) is 20.3 Å². The van der Waals surface area contributed by atoms with Gasteiger partial charge in [-0.1, -0.05) is 44.0 Å². The van der Waals surface area contributed by atoms with Crippen LogP contribution in [0.25, 0.3) is 0 Å². The number of halogens is 2. The number of benzene rings is 2. The zero-order valence-corrected chi connectivity index (χ0v) is 13.3. The van der Waals surface area contributed by atoms with Crippen molar-refractivity contribution in [2.45, 2.75) is 0 Å². The Hall–Kier alpha value is -0.910. The van der Waals surface area contributed by atoms with Crippen LogP contribution >= 0.6 is 44.1 Å². The highest BCUT2D eigenvalue weighted by atomic mass is 79.9. The highest BCUT2D eigenvalue weighted by molar-refractivity contribution is 9.10. The van der Waals surface area contributed by atoms with Gasteiger partial charge in [-0.25, -0.2) is 0 Å². The number of thiocarbonyl (C=S) groups is 1. The van der Waals surface area contributed by atoms with Crippen LogP contribution in [0.2, 0.25) is 0 Å². The van der Waals surface area contributed by atoms with Crippen LogP contribution in [0, 0.1) is 0 Å². The van der Waals surface area contributed by atoms with E-state index in [1.54, 1.807) is 0 Å². The summed E-state index contributed by atoms with van der Waals surface area (Å²) >= 11 is 12.1. The Morgan fingerprint density at radius 2 is 1.28 bits per heavy atom. The van der Waals surface area contributed by atoms with Gasteiger partial charge in [0, 0.05) is 20.3 Å². The van der Waals surface area contributed by atoms with Gasteiger partial charge in [-0.2, -0.15) is 0 Å². The normalized spacial score (nSPS) is 9.89. The third-order valence-electron chi connectivity index (χ3n) is 2.16. The highest BCUT2D eigenvalue weighted by Crippen LogP contribution is 2.18. The van der Waals surface area contributed by atoms with Crippen LogP contribution in [0.3, 0.4) is 0 Å². The Balaban J connectivity index is 2.01. The predicted octanol–water partition coefficient (Wildman–Crippen LogP) is 5.02. The van der Waals surface area contributed by atoms with Crippen LogP contribution in [-0.2, 0) is 0 Å². The Morgan fingerprint density at radius 1 is 0.833 bits per heavy atom. The average molecular weight is 386 g/mol. The molecule has 18 heavy (non-hydrogen) atoms.